The Hall–Kier alpha value is -1.65. The Morgan fingerprint density at radius 3 is 2.47 bits per heavy atom. The molecular formula is C12H18N2O3. The van der Waals surface area contributed by atoms with Gasteiger partial charge >= 0.3 is 6.09 Å². The van der Waals surface area contributed by atoms with Crippen molar-refractivity contribution >= 4 is 12.4 Å². The molecule has 0 bridgehead atoms. The molecule has 1 aromatic heterocycles. The van der Waals surface area contributed by atoms with Gasteiger partial charge in [-0.3, -0.25) is 4.79 Å². The van der Waals surface area contributed by atoms with Gasteiger partial charge in [0.2, 0.25) is 0 Å². The molecule has 17 heavy (non-hydrogen) atoms. The molecule has 1 rings (SSSR count). The molecule has 0 spiro atoms. The summed E-state index contributed by atoms with van der Waals surface area (Å²) in [5.74, 6) is 0.567. The van der Waals surface area contributed by atoms with Crippen molar-refractivity contribution in [2.24, 2.45) is 0 Å². The predicted octanol–water partition coefficient (Wildman–Crippen LogP) is 2.60. The Labute approximate surface area is 101 Å². The highest BCUT2D eigenvalue weighted by Crippen LogP contribution is 2.16. The fourth-order valence-electron chi connectivity index (χ4n) is 1.33. The van der Waals surface area contributed by atoms with Gasteiger partial charge in [-0.05, 0) is 20.8 Å². The summed E-state index contributed by atoms with van der Waals surface area (Å²) in [7, 11) is 0. The minimum atomic E-state index is -0.572. The SMILES string of the molecule is CC(C)c1nc(C=O)cn1C(=O)OC(C)(C)C. The van der Waals surface area contributed by atoms with Crippen LogP contribution in [-0.2, 0) is 4.74 Å². The first-order chi connectivity index (χ1) is 7.74. The molecule has 0 unspecified atom stereocenters. The Bertz CT molecular complexity index is 427. The lowest BCUT2D eigenvalue weighted by Gasteiger charge is -2.20. The predicted molar refractivity (Wildman–Crippen MR) is 63.3 cm³/mol. The van der Waals surface area contributed by atoms with Crippen molar-refractivity contribution in [3.05, 3.63) is 17.7 Å². The molecule has 0 aliphatic rings. The fourth-order valence-corrected chi connectivity index (χ4v) is 1.33. The molecule has 0 amide bonds. The van der Waals surface area contributed by atoms with Crippen LogP contribution in [0.1, 0.15) is 56.8 Å². The third kappa shape index (κ3) is 3.41. The molecule has 0 aliphatic heterocycles. The van der Waals surface area contributed by atoms with E-state index in [1.54, 1.807) is 20.8 Å². The summed E-state index contributed by atoms with van der Waals surface area (Å²) in [6.45, 7) is 9.17. The summed E-state index contributed by atoms with van der Waals surface area (Å²) in [5.41, 5.74) is -0.337. The molecule has 0 saturated heterocycles. The standard InChI is InChI=1S/C12H18N2O3/c1-8(2)10-13-9(7-15)6-14(10)11(16)17-12(3,4)5/h6-8H,1-5H3. The van der Waals surface area contributed by atoms with Crippen molar-refractivity contribution < 1.29 is 14.3 Å². The summed E-state index contributed by atoms with van der Waals surface area (Å²) in [6.07, 6.45) is 1.50. The van der Waals surface area contributed by atoms with Crippen LogP contribution in [0.25, 0.3) is 0 Å². The van der Waals surface area contributed by atoms with Gasteiger partial charge in [0.25, 0.3) is 0 Å². The van der Waals surface area contributed by atoms with Crippen molar-refractivity contribution in [3.8, 4) is 0 Å². The maximum Gasteiger partial charge on any atom is 0.420 e. The number of carbonyl (C=O) groups excluding carboxylic acids is 2. The molecule has 0 aliphatic carbocycles. The van der Waals surface area contributed by atoms with Crippen LogP contribution in [0.5, 0.6) is 0 Å². The third-order valence-electron chi connectivity index (χ3n) is 1.98. The van der Waals surface area contributed by atoms with Gasteiger partial charge in [-0.15, -0.1) is 0 Å². The summed E-state index contributed by atoms with van der Waals surface area (Å²) >= 11 is 0. The molecule has 5 nitrogen and oxygen atoms in total. The van der Waals surface area contributed by atoms with E-state index in [-0.39, 0.29) is 11.6 Å². The highest BCUT2D eigenvalue weighted by Gasteiger charge is 2.22. The number of hydrogen-bond acceptors (Lipinski definition) is 4. The lowest BCUT2D eigenvalue weighted by atomic mass is 10.2. The van der Waals surface area contributed by atoms with Gasteiger partial charge in [0, 0.05) is 12.1 Å². The molecule has 0 radical (unpaired) electrons. The van der Waals surface area contributed by atoms with E-state index in [2.05, 4.69) is 4.98 Å². The van der Waals surface area contributed by atoms with Gasteiger partial charge in [0.05, 0.1) is 0 Å². The number of aldehydes is 1. The van der Waals surface area contributed by atoms with Crippen molar-refractivity contribution in [3.63, 3.8) is 0 Å². The van der Waals surface area contributed by atoms with Crippen molar-refractivity contribution in [2.75, 3.05) is 0 Å². The number of rotatable bonds is 2. The monoisotopic (exact) mass is 238 g/mol. The largest absolute Gasteiger partial charge is 0.443 e. The zero-order valence-electron chi connectivity index (χ0n) is 10.9. The zero-order chi connectivity index (χ0) is 13.2. The zero-order valence-corrected chi connectivity index (χ0v) is 10.9. The number of imidazole rings is 1. The minimum absolute atomic E-state index is 0.0382. The average Bonchev–Trinajstić information content (AvgIpc) is 2.58. The van der Waals surface area contributed by atoms with Crippen molar-refractivity contribution in [1.29, 1.82) is 0 Å². The normalized spacial score (nSPS) is 11.6. The van der Waals surface area contributed by atoms with E-state index in [4.69, 9.17) is 4.74 Å². The van der Waals surface area contributed by atoms with Gasteiger partial charge < -0.3 is 4.74 Å². The quantitative estimate of drug-likeness (QED) is 0.743. The minimum Gasteiger partial charge on any atom is -0.443 e. The number of ether oxygens (including phenoxy) is 1. The molecule has 0 saturated carbocycles. The number of hydrogen-bond donors (Lipinski definition) is 0. The second kappa shape index (κ2) is 4.69. The second-order valence-corrected chi connectivity index (χ2v) is 5.15. The van der Waals surface area contributed by atoms with E-state index in [0.29, 0.717) is 12.1 Å². The first kappa shape index (κ1) is 13.4. The molecular weight excluding hydrogens is 220 g/mol. The first-order valence-electron chi connectivity index (χ1n) is 5.52. The van der Waals surface area contributed by atoms with E-state index in [1.165, 1.54) is 10.8 Å². The summed E-state index contributed by atoms with van der Waals surface area (Å²) in [5, 5.41) is 0. The molecule has 0 aromatic carbocycles. The van der Waals surface area contributed by atoms with Crippen molar-refractivity contribution in [2.45, 2.75) is 46.1 Å². The van der Waals surface area contributed by atoms with Gasteiger partial charge in [-0.25, -0.2) is 14.3 Å². The first-order valence-corrected chi connectivity index (χ1v) is 5.52. The average molecular weight is 238 g/mol. The topological polar surface area (TPSA) is 61.2 Å². The van der Waals surface area contributed by atoms with Crippen LogP contribution in [0.2, 0.25) is 0 Å². The lowest BCUT2D eigenvalue weighted by Crippen LogP contribution is -2.28. The Morgan fingerprint density at radius 1 is 1.47 bits per heavy atom. The van der Waals surface area contributed by atoms with E-state index in [0.717, 1.165) is 0 Å². The number of aromatic nitrogens is 2. The summed E-state index contributed by atoms with van der Waals surface area (Å²) in [6, 6.07) is 0. The fraction of sp³-hybridized carbons (Fsp3) is 0.583. The highest BCUT2D eigenvalue weighted by molar-refractivity contribution is 5.77. The van der Waals surface area contributed by atoms with Crippen LogP contribution in [0.3, 0.4) is 0 Å². The smallest absolute Gasteiger partial charge is 0.420 e. The Morgan fingerprint density at radius 2 is 2.06 bits per heavy atom. The lowest BCUT2D eigenvalue weighted by molar-refractivity contribution is 0.0530. The maximum absolute atomic E-state index is 11.9. The molecule has 1 heterocycles. The molecule has 0 atom stereocenters. The van der Waals surface area contributed by atoms with Gasteiger partial charge in [-0.1, -0.05) is 13.8 Å². The van der Waals surface area contributed by atoms with Crippen LogP contribution in [0.4, 0.5) is 4.79 Å². The van der Waals surface area contributed by atoms with Crippen LogP contribution in [0, 0.1) is 0 Å². The van der Waals surface area contributed by atoms with Crippen LogP contribution in [-0.4, -0.2) is 27.5 Å². The van der Waals surface area contributed by atoms with Crippen LogP contribution >= 0.6 is 0 Å². The third-order valence-corrected chi connectivity index (χ3v) is 1.98. The highest BCUT2D eigenvalue weighted by atomic mass is 16.6. The molecule has 5 heteroatoms. The summed E-state index contributed by atoms with van der Waals surface area (Å²) in [4.78, 5) is 26.6. The number of carbonyl (C=O) groups is 2. The van der Waals surface area contributed by atoms with Crippen LogP contribution < -0.4 is 0 Å². The molecule has 0 fully saturated rings. The molecule has 94 valence electrons. The maximum atomic E-state index is 11.9. The van der Waals surface area contributed by atoms with E-state index in [1.807, 2.05) is 13.8 Å². The van der Waals surface area contributed by atoms with E-state index < -0.39 is 11.7 Å². The second-order valence-electron chi connectivity index (χ2n) is 5.15. The van der Waals surface area contributed by atoms with Gasteiger partial charge in [-0.2, -0.15) is 0 Å². The molecule has 0 N–H and O–H groups in total. The van der Waals surface area contributed by atoms with Gasteiger partial charge in [0.1, 0.15) is 17.1 Å². The Kier molecular flexibility index (Phi) is 3.70. The number of nitrogens with zero attached hydrogens (tertiary/aromatic N) is 2. The summed E-state index contributed by atoms with van der Waals surface area (Å²) < 4.78 is 6.53. The van der Waals surface area contributed by atoms with Gasteiger partial charge in [0.15, 0.2) is 6.29 Å². The molecule has 1 aromatic rings. The Balaban J connectivity index is 3.07. The van der Waals surface area contributed by atoms with E-state index >= 15 is 0 Å². The van der Waals surface area contributed by atoms with Crippen molar-refractivity contribution in [1.82, 2.24) is 9.55 Å². The van der Waals surface area contributed by atoms with E-state index in [9.17, 15) is 9.59 Å². The van der Waals surface area contributed by atoms with Crippen LogP contribution in [0.15, 0.2) is 6.20 Å².